The van der Waals surface area contributed by atoms with E-state index in [0.717, 1.165) is 28.1 Å². The quantitative estimate of drug-likeness (QED) is 0.412. The molecule has 1 amide bonds. The second-order valence-corrected chi connectivity index (χ2v) is 7.74. The zero-order valence-electron chi connectivity index (χ0n) is 19.9. The molecule has 0 radical (unpaired) electrons. The number of aryl methyl sites for hydroxylation is 1. The Morgan fingerprint density at radius 3 is 2.21 bits per heavy atom. The molecular weight excluding hydrogens is 428 g/mol. The summed E-state index contributed by atoms with van der Waals surface area (Å²) in [5.41, 5.74) is 3.87. The van der Waals surface area contributed by atoms with Crippen LogP contribution in [0.1, 0.15) is 30.5 Å². The number of nitrogens with zero attached hydrogens (tertiary/aromatic N) is 2. The third kappa shape index (κ3) is 4.81. The Labute approximate surface area is 200 Å². The fraction of sp³-hybridized carbons (Fsp3) is 0.214. The van der Waals surface area contributed by atoms with Crippen LogP contribution in [0, 0.1) is 6.92 Å². The molecule has 0 saturated heterocycles. The summed E-state index contributed by atoms with van der Waals surface area (Å²) in [6.45, 7) is 6.93. The molecule has 0 aromatic heterocycles. The molecular formula is C28H28N2O4. The number of amides is 1. The van der Waals surface area contributed by atoms with E-state index in [2.05, 4.69) is 0 Å². The second-order valence-electron chi connectivity index (χ2n) is 7.74. The molecule has 0 atom stereocenters. The van der Waals surface area contributed by atoms with Crippen LogP contribution in [0.2, 0.25) is 0 Å². The summed E-state index contributed by atoms with van der Waals surface area (Å²) in [6, 6.07) is 21.0. The lowest BCUT2D eigenvalue weighted by Crippen LogP contribution is -2.32. The van der Waals surface area contributed by atoms with E-state index in [0.29, 0.717) is 36.2 Å². The second kappa shape index (κ2) is 10.3. The van der Waals surface area contributed by atoms with Crippen molar-refractivity contribution in [3.63, 3.8) is 0 Å². The highest BCUT2D eigenvalue weighted by atomic mass is 16.5. The molecule has 1 heterocycles. The van der Waals surface area contributed by atoms with Crippen LogP contribution < -0.4 is 19.1 Å². The van der Waals surface area contributed by atoms with E-state index >= 15 is 0 Å². The number of hydrogen-bond donors (Lipinski definition) is 0. The minimum Gasteiger partial charge on any atom is -0.497 e. The number of ether oxygens (including phenoxy) is 3. The van der Waals surface area contributed by atoms with E-state index in [-0.39, 0.29) is 5.91 Å². The van der Waals surface area contributed by atoms with Crippen LogP contribution >= 0.6 is 0 Å². The van der Waals surface area contributed by atoms with Gasteiger partial charge in [0.1, 0.15) is 17.3 Å². The Morgan fingerprint density at radius 2 is 1.56 bits per heavy atom. The van der Waals surface area contributed by atoms with Crippen molar-refractivity contribution in [1.82, 2.24) is 0 Å². The average molecular weight is 457 g/mol. The van der Waals surface area contributed by atoms with Gasteiger partial charge in [-0.1, -0.05) is 35.9 Å². The van der Waals surface area contributed by atoms with Crippen molar-refractivity contribution < 1.29 is 19.0 Å². The first-order valence-electron chi connectivity index (χ1n) is 11.3. The van der Waals surface area contributed by atoms with Gasteiger partial charge in [-0.15, -0.1) is 0 Å². The van der Waals surface area contributed by atoms with Gasteiger partial charge in [-0.25, -0.2) is 4.99 Å². The number of methoxy groups -OCH3 is 1. The van der Waals surface area contributed by atoms with E-state index in [4.69, 9.17) is 19.2 Å². The van der Waals surface area contributed by atoms with Gasteiger partial charge < -0.3 is 14.2 Å². The first kappa shape index (κ1) is 23.1. The van der Waals surface area contributed by atoms with Gasteiger partial charge in [-0.05, 0) is 68.8 Å². The summed E-state index contributed by atoms with van der Waals surface area (Å²) in [5, 5.41) is 0. The normalized spacial score (nSPS) is 14.4. The van der Waals surface area contributed by atoms with Crippen molar-refractivity contribution in [1.29, 1.82) is 0 Å². The lowest BCUT2D eigenvalue weighted by molar-refractivity contribution is -0.113. The predicted octanol–water partition coefficient (Wildman–Crippen LogP) is 5.64. The summed E-state index contributed by atoms with van der Waals surface area (Å²) in [6.07, 6.45) is 1.78. The number of amidine groups is 1. The van der Waals surface area contributed by atoms with E-state index < -0.39 is 0 Å². The number of hydrogen-bond acceptors (Lipinski definition) is 5. The standard InChI is InChI=1S/C28H28N2O4/c1-5-33-25-16-9-20(18-26(25)34-6-2)17-24-28(31)30(22-12-14-23(32-4)15-13-22)27(29-24)21-10-7-19(3)8-11-21/h7-18H,5-6H2,1-4H3. The van der Waals surface area contributed by atoms with Crippen molar-refractivity contribution in [3.8, 4) is 17.2 Å². The molecule has 174 valence electrons. The average Bonchev–Trinajstić information content (AvgIpc) is 3.17. The zero-order valence-corrected chi connectivity index (χ0v) is 19.9. The van der Waals surface area contributed by atoms with Gasteiger partial charge in [0.25, 0.3) is 5.91 Å². The Bertz CT molecular complexity index is 1230. The SMILES string of the molecule is CCOc1ccc(C=C2N=C(c3ccc(C)cc3)N(c3ccc(OC)cc3)C2=O)cc1OCC. The van der Waals surface area contributed by atoms with E-state index in [1.54, 1.807) is 18.1 Å². The molecule has 0 unspecified atom stereocenters. The molecule has 0 aliphatic carbocycles. The topological polar surface area (TPSA) is 60.4 Å². The van der Waals surface area contributed by atoms with E-state index in [1.165, 1.54) is 0 Å². The monoisotopic (exact) mass is 456 g/mol. The largest absolute Gasteiger partial charge is 0.497 e. The van der Waals surface area contributed by atoms with Crippen molar-refractivity contribution in [3.05, 3.63) is 89.1 Å². The maximum atomic E-state index is 13.6. The molecule has 6 heteroatoms. The summed E-state index contributed by atoms with van der Waals surface area (Å²) >= 11 is 0. The molecule has 4 rings (SSSR count). The lowest BCUT2D eigenvalue weighted by atomic mass is 10.1. The van der Waals surface area contributed by atoms with Crippen molar-refractivity contribution in [2.75, 3.05) is 25.2 Å². The number of rotatable bonds is 8. The highest BCUT2D eigenvalue weighted by Gasteiger charge is 2.32. The molecule has 0 fully saturated rings. The summed E-state index contributed by atoms with van der Waals surface area (Å²) < 4.78 is 16.7. The van der Waals surface area contributed by atoms with Crippen LogP contribution in [-0.2, 0) is 4.79 Å². The Hall–Kier alpha value is -4.06. The first-order chi connectivity index (χ1) is 16.5. The van der Waals surface area contributed by atoms with Crippen molar-refractivity contribution in [2.45, 2.75) is 20.8 Å². The maximum absolute atomic E-state index is 13.6. The summed E-state index contributed by atoms with van der Waals surface area (Å²) in [7, 11) is 1.61. The Kier molecular flexibility index (Phi) is 6.97. The molecule has 1 aliphatic heterocycles. The number of anilines is 1. The minimum absolute atomic E-state index is 0.201. The molecule has 1 aliphatic rings. The third-order valence-electron chi connectivity index (χ3n) is 5.37. The third-order valence-corrected chi connectivity index (χ3v) is 5.37. The molecule has 6 nitrogen and oxygen atoms in total. The number of carbonyl (C=O) groups is 1. The molecule has 0 N–H and O–H groups in total. The first-order valence-corrected chi connectivity index (χ1v) is 11.3. The Morgan fingerprint density at radius 1 is 0.882 bits per heavy atom. The molecule has 0 bridgehead atoms. The number of benzene rings is 3. The zero-order chi connectivity index (χ0) is 24.1. The van der Waals surface area contributed by atoms with Gasteiger partial charge >= 0.3 is 0 Å². The molecule has 34 heavy (non-hydrogen) atoms. The van der Waals surface area contributed by atoms with Crippen molar-refractivity contribution >= 4 is 23.5 Å². The fourth-order valence-corrected chi connectivity index (χ4v) is 3.70. The number of carbonyl (C=O) groups excluding carboxylic acids is 1. The van der Waals surface area contributed by atoms with Crippen LogP contribution in [0.5, 0.6) is 17.2 Å². The van der Waals surface area contributed by atoms with Crippen LogP contribution in [-0.4, -0.2) is 32.1 Å². The van der Waals surface area contributed by atoms with Crippen LogP contribution in [0.4, 0.5) is 5.69 Å². The van der Waals surface area contributed by atoms with E-state index in [9.17, 15) is 4.79 Å². The van der Waals surface area contributed by atoms with Crippen molar-refractivity contribution in [2.24, 2.45) is 4.99 Å². The Balaban J connectivity index is 1.77. The molecule has 0 spiro atoms. The lowest BCUT2D eigenvalue weighted by Gasteiger charge is -2.19. The van der Waals surface area contributed by atoms with Gasteiger partial charge in [0.05, 0.1) is 26.0 Å². The predicted molar refractivity (Wildman–Crippen MR) is 135 cm³/mol. The molecule has 0 saturated carbocycles. The summed E-state index contributed by atoms with van der Waals surface area (Å²) in [5.74, 6) is 2.41. The van der Waals surface area contributed by atoms with Crippen LogP contribution in [0.15, 0.2) is 77.4 Å². The van der Waals surface area contributed by atoms with Gasteiger partial charge in [0.2, 0.25) is 0 Å². The molecule has 3 aromatic rings. The highest BCUT2D eigenvalue weighted by molar-refractivity contribution is 6.33. The van der Waals surface area contributed by atoms with Gasteiger partial charge in [0.15, 0.2) is 11.5 Å². The molecule has 3 aromatic carbocycles. The minimum atomic E-state index is -0.201. The van der Waals surface area contributed by atoms with Gasteiger partial charge in [-0.3, -0.25) is 9.69 Å². The van der Waals surface area contributed by atoms with Gasteiger partial charge in [0, 0.05) is 5.56 Å². The highest BCUT2D eigenvalue weighted by Crippen LogP contribution is 2.32. The maximum Gasteiger partial charge on any atom is 0.282 e. The van der Waals surface area contributed by atoms with Gasteiger partial charge in [-0.2, -0.15) is 0 Å². The summed E-state index contributed by atoms with van der Waals surface area (Å²) in [4.78, 5) is 19.9. The van der Waals surface area contributed by atoms with Crippen LogP contribution in [0.3, 0.4) is 0 Å². The fourth-order valence-electron chi connectivity index (χ4n) is 3.70. The van der Waals surface area contributed by atoms with Crippen LogP contribution in [0.25, 0.3) is 6.08 Å². The van der Waals surface area contributed by atoms with E-state index in [1.807, 2.05) is 87.5 Å². The number of aliphatic imine (C=N–C) groups is 1. The smallest absolute Gasteiger partial charge is 0.282 e.